The summed E-state index contributed by atoms with van der Waals surface area (Å²) in [7, 11) is -3.56. The summed E-state index contributed by atoms with van der Waals surface area (Å²) in [6.07, 6.45) is -1.30. The first-order valence-electron chi connectivity index (χ1n) is 12.2. The van der Waals surface area contributed by atoms with Crippen molar-refractivity contribution in [1.82, 2.24) is 0 Å². The number of ketones is 1. The number of hydrogen-bond acceptors (Lipinski definition) is 5. The van der Waals surface area contributed by atoms with Crippen molar-refractivity contribution in [2.45, 2.75) is 71.6 Å². The third-order valence-electron chi connectivity index (χ3n) is 7.09. The Morgan fingerprint density at radius 3 is 2.38 bits per heavy atom. The van der Waals surface area contributed by atoms with Gasteiger partial charge in [-0.15, -0.1) is 13.2 Å². The van der Waals surface area contributed by atoms with Gasteiger partial charge >= 0.3 is 6.36 Å². The van der Waals surface area contributed by atoms with Crippen LogP contribution in [0.25, 0.3) is 0 Å². The minimum atomic E-state index is -4.80. The molecule has 1 atom stereocenters. The Balaban J connectivity index is 1.74. The molecule has 0 fully saturated rings. The van der Waals surface area contributed by atoms with Crippen LogP contribution in [-0.2, 0) is 21.9 Å². The number of rotatable bonds is 10. The zero-order valence-electron chi connectivity index (χ0n) is 21.8. The Hall–Kier alpha value is -2.75. The highest BCUT2D eigenvalue weighted by atomic mass is 32.2. The molecule has 0 saturated carbocycles. The molecule has 1 unspecified atom stereocenters. The lowest BCUT2D eigenvalue weighted by Gasteiger charge is -2.43. The summed E-state index contributed by atoms with van der Waals surface area (Å²) in [5.74, 6) is 0.0990. The third kappa shape index (κ3) is 7.18. The normalized spacial score (nSPS) is 15.5. The van der Waals surface area contributed by atoms with Gasteiger partial charge in [-0.25, -0.2) is 8.42 Å². The van der Waals surface area contributed by atoms with Crippen LogP contribution in [0.4, 0.5) is 18.9 Å². The fourth-order valence-electron chi connectivity index (χ4n) is 4.70. The predicted octanol–water partition coefficient (Wildman–Crippen LogP) is 6.64. The van der Waals surface area contributed by atoms with Crippen molar-refractivity contribution in [3.05, 3.63) is 53.1 Å². The summed E-state index contributed by atoms with van der Waals surface area (Å²) < 4.78 is 75.0. The molecule has 1 aliphatic heterocycles. The van der Waals surface area contributed by atoms with E-state index >= 15 is 0 Å². The summed E-state index contributed by atoms with van der Waals surface area (Å²) >= 11 is 0. The smallest absolute Gasteiger partial charge is 0.491 e. The van der Waals surface area contributed by atoms with Gasteiger partial charge in [-0.1, -0.05) is 52.3 Å². The molecular formula is C27H34F3NO5S. The number of carbonyl (C=O) groups excluding carboxylic acids is 1. The van der Waals surface area contributed by atoms with Crippen molar-refractivity contribution in [3.63, 3.8) is 0 Å². The highest BCUT2D eigenvalue weighted by Crippen LogP contribution is 2.49. The SMILES string of the molecule is CC(C)(C)C(C)(CCCCC(=O)c1cc2c(c(NS(C)(=O)=O)c1)OCC2)c1ccccc1OC(F)(F)F. The lowest BCUT2D eigenvalue weighted by atomic mass is 9.61. The quantitative estimate of drug-likeness (QED) is 0.269. The van der Waals surface area contributed by atoms with E-state index in [1.54, 1.807) is 18.2 Å². The van der Waals surface area contributed by atoms with Gasteiger partial charge in [-0.05, 0) is 36.5 Å². The predicted molar refractivity (Wildman–Crippen MR) is 137 cm³/mol. The molecule has 0 aromatic heterocycles. The van der Waals surface area contributed by atoms with Crippen LogP contribution in [0.5, 0.6) is 11.5 Å². The maximum Gasteiger partial charge on any atom is 0.573 e. The van der Waals surface area contributed by atoms with Crippen molar-refractivity contribution in [2.24, 2.45) is 5.41 Å². The van der Waals surface area contributed by atoms with Crippen LogP contribution in [0.3, 0.4) is 0 Å². The lowest BCUT2D eigenvalue weighted by molar-refractivity contribution is -0.275. The summed E-state index contributed by atoms with van der Waals surface area (Å²) in [6.45, 7) is 8.27. The topological polar surface area (TPSA) is 81.7 Å². The minimum absolute atomic E-state index is 0.135. The molecule has 10 heteroatoms. The van der Waals surface area contributed by atoms with Crippen molar-refractivity contribution in [2.75, 3.05) is 17.6 Å². The molecule has 0 bridgehead atoms. The Kier molecular flexibility index (Phi) is 8.22. The number of alkyl halides is 3. The molecule has 0 amide bonds. The van der Waals surface area contributed by atoms with E-state index in [1.807, 2.05) is 27.7 Å². The standard InChI is InChI=1S/C27H34F3NO5S/c1-25(2,3)26(4,20-10-6-7-12-23(20)36-27(28,29)30)14-9-8-11-22(32)19-16-18-13-15-35-24(18)21(17-19)31-37(5,33)34/h6-7,10,12,16-17,31H,8-9,11,13-15H2,1-5H3. The number of halogens is 3. The summed E-state index contributed by atoms with van der Waals surface area (Å²) in [6, 6.07) is 9.45. The van der Waals surface area contributed by atoms with Crippen molar-refractivity contribution in [1.29, 1.82) is 0 Å². The second kappa shape index (κ2) is 10.6. The molecule has 2 aromatic carbocycles. The first kappa shape index (κ1) is 28.8. The number of hydrogen-bond donors (Lipinski definition) is 1. The van der Waals surface area contributed by atoms with Crippen molar-refractivity contribution >= 4 is 21.5 Å². The van der Waals surface area contributed by atoms with E-state index in [2.05, 4.69) is 9.46 Å². The van der Waals surface area contributed by atoms with Gasteiger partial charge in [-0.2, -0.15) is 0 Å². The van der Waals surface area contributed by atoms with Crippen LogP contribution in [0.2, 0.25) is 0 Å². The zero-order valence-corrected chi connectivity index (χ0v) is 22.6. The van der Waals surface area contributed by atoms with Crippen molar-refractivity contribution < 1.29 is 35.9 Å². The average Bonchev–Trinajstić information content (AvgIpc) is 3.23. The van der Waals surface area contributed by atoms with Gasteiger partial charge in [0, 0.05) is 34.9 Å². The van der Waals surface area contributed by atoms with E-state index in [-0.39, 0.29) is 23.6 Å². The Bertz CT molecular complexity index is 1250. The van der Waals surface area contributed by atoms with Gasteiger partial charge in [0.1, 0.15) is 11.5 Å². The average molecular weight is 542 g/mol. The molecule has 1 heterocycles. The number of Topliss-reactive ketones (excluding diaryl/α,β-unsaturated/α-hetero) is 1. The van der Waals surface area contributed by atoms with Gasteiger partial charge in [-0.3, -0.25) is 9.52 Å². The number of unbranched alkanes of at least 4 members (excludes halogenated alkanes) is 1. The number of carbonyl (C=O) groups is 1. The first-order valence-corrected chi connectivity index (χ1v) is 14.1. The summed E-state index contributed by atoms with van der Waals surface area (Å²) in [4.78, 5) is 13.0. The van der Waals surface area contributed by atoms with Gasteiger partial charge < -0.3 is 9.47 Å². The Morgan fingerprint density at radius 1 is 1.08 bits per heavy atom. The fourth-order valence-corrected chi connectivity index (χ4v) is 5.25. The van der Waals surface area contributed by atoms with E-state index < -0.39 is 27.2 Å². The van der Waals surface area contributed by atoms with E-state index in [0.717, 1.165) is 11.8 Å². The molecular weight excluding hydrogens is 507 g/mol. The number of nitrogens with one attached hydrogen (secondary N) is 1. The van der Waals surface area contributed by atoms with Crippen LogP contribution in [-0.4, -0.2) is 33.4 Å². The number of para-hydroxylation sites is 1. The Labute approximate surface area is 216 Å². The second-order valence-electron chi connectivity index (χ2n) is 10.7. The summed E-state index contributed by atoms with van der Waals surface area (Å²) in [5.41, 5.74) is 0.851. The van der Waals surface area contributed by atoms with Crippen LogP contribution in [0.15, 0.2) is 36.4 Å². The van der Waals surface area contributed by atoms with Gasteiger partial charge in [0.2, 0.25) is 10.0 Å². The molecule has 1 aliphatic rings. The van der Waals surface area contributed by atoms with Crippen LogP contribution >= 0.6 is 0 Å². The molecule has 1 N–H and O–H groups in total. The number of benzene rings is 2. The Morgan fingerprint density at radius 2 is 1.76 bits per heavy atom. The number of sulfonamides is 1. The van der Waals surface area contributed by atoms with E-state index in [4.69, 9.17) is 4.74 Å². The van der Waals surface area contributed by atoms with Gasteiger partial charge in [0.15, 0.2) is 5.78 Å². The maximum atomic E-state index is 13.1. The molecule has 0 radical (unpaired) electrons. The number of ether oxygens (including phenoxy) is 2. The minimum Gasteiger partial charge on any atom is -0.491 e. The molecule has 0 aliphatic carbocycles. The molecule has 204 valence electrons. The molecule has 37 heavy (non-hydrogen) atoms. The number of fused-ring (bicyclic) bond motifs is 1. The molecule has 2 aromatic rings. The molecule has 6 nitrogen and oxygen atoms in total. The van der Waals surface area contributed by atoms with E-state index in [1.165, 1.54) is 18.2 Å². The van der Waals surface area contributed by atoms with Crippen LogP contribution < -0.4 is 14.2 Å². The highest BCUT2D eigenvalue weighted by molar-refractivity contribution is 7.92. The van der Waals surface area contributed by atoms with Crippen LogP contribution in [0, 0.1) is 5.41 Å². The third-order valence-corrected chi connectivity index (χ3v) is 7.68. The zero-order chi connectivity index (χ0) is 27.6. The second-order valence-corrected chi connectivity index (χ2v) is 12.5. The van der Waals surface area contributed by atoms with E-state index in [0.29, 0.717) is 49.2 Å². The van der Waals surface area contributed by atoms with E-state index in [9.17, 15) is 26.4 Å². The maximum absolute atomic E-state index is 13.1. The summed E-state index contributed by atoms with van der Waals surface area (Å²) in [5, 5.41) is 0. The monoisotopic (exact) mass is 541 g/mol. The van der Waals surface area contributed by atoms with Gasteiger partial charge in [0.25, 0.3) is 0 Å². The van der Waals surface area contributed by atoms with Crippen LogP contribution in [0.1, 0.15) is 74.9 Å². The molecule has 0 saturated heterocycles. The molecule has 3 rings (SSSR count). The number of anilines is 1. The first-order chi connectivity index (χ1) is 17.0. The lowest BCUT2D eigenvalue weighted by Crippen LogP contribution is -2.38. The largest absolute Gasteiger partial charge is 0.573 e. The molecule has 0 spiro atoms. The van der Waals surface area contributed by atoms with Gasteiger partial charge in [0.05, 0.1) is 18.6 Å². The fraction of sp³-hybridized carbons (Fsp3) is 0.519. The highest BCUT2D eigenvalue weighted by Gasteiger charge is 2.42. The van der Waals surface area contributed by atoms with Crippen molar-refractivity contribution in [3.8, 4) is 11.5 Å².